The van der Waals surface area contributed by atoms with Crippen LogP contribution in [0, 0.1) is 10.6 Å². The van der Waals surface area contributed by atoms with Gasteiger partial charge in [-0.2, -0.15) is 5.10 Å². The van der Waals surface area contributed by atoms with E-state index in [-0.39, 0.29) is 24.7 Å². The van der Waals surface area contributed by atoms with Gasteiger partial charge in [0.25, 0.3) is 0 Å². The Labute approximate surface area is 161 Å². The molecule has 0 bridgehead atoms. The Balaban J connectivity index is 1.64. The van der Waals surface area contributed by atoms with Crippen LogP contribution < -0.4 is 10.1 Å². The molecule has 1 aromatic heterocycles. The number of hydrogen-bond donors (Lipinski definition) is 2. The largest absolute Gasteiger partial charge is 0.497 e. The van der Waals surface area contributed by atoms with E-state index in [0.29, 0.717) is 22.7 Å². The molecule has 1 amide bonds. The molecule has 0 aliphatic heterocycles. The van der Waals surface area contributed by atoms with Crippen LogP contribution in [0.2, 0.25) is 0 Å². The van der Waals surface area contributed by atoms with Crippen molar-refractivity contribution in [2.75, 3.05) is 7.11 Å². The summed E-state index contributed by atoms with van der Waals surface area (Å²) in [6.45, 7) is 0.507. The summed E-state index contributed by atoms with van der Waals surface area (Å²) in [6.07, 6.45) is 0.200. The second kappa shape index (κ2) is 8.59. The minimum Gasteiger partial charge on any atom is -0.497 e. The second-order valence-electron chi connectivity index (χ2n) is 5.85. The van der Waals surface area contributed by atoms with Crippen LogP contribution in [0.1, 0.15) is 12.0 Å². The second-order valence-corrected chi connectivity index (χ2v) is 6.24. The Morgan fingerprint density at radius 3 is 2.70 bits per heavy atom. The quantitative estimate of drug-likeness (QED) is 0.610. The molecular weight excluding hydrogens is 367 g/mol. The number of carbonyl (C=O) groups excluding carboxylic acids is 1. The van der Waals surface area contributed by atoms with Gasteiger partial charge in [-0.3, -0.25) is 14.5 Å². The van der Waals surface area contributed by atoms with Crippen LogP contribution in [0.3, 0.4) is 0 Å². The van der Waals surface area contributed by atoms with Crippen LogP contribution in [-0.4, -0.2) is 27.8 Å². The van der Waals surface area contributed by atoms with Gasteiger partial charge in [0.2, 0.25) is 5.91 Å². The number of aromatic amines is 1. The third kappa shape index (κ3) is 4.59. The van der Waals surface area contributed by atoms with E-state index in [1.807, 2.05) is 24.3 Å². The van der Waals surface area contributed by atoms with Crippen molar-refractivity contribution in [3.63, 3.8) is 0 Å². The number of rotatable bonds is 7. The fourth-order valence-corrected chi connectivity index (χ4v) is 2.85. The van der Waals surface area contributed by atoms with Crippen LogP contribution in [-0.2, 0) is 17.9 Å². The third-order valence-corrected chi connectivity index (χ3v) is 4.41. The average Bonchev–Trinajstić information content (AvgIpc) is 3.06. The summed E-state index contributed by atoms with van der Waals surface area (Å²) >= 11 is 5.27. The topological polar surface area (TPSA) is 71.9 Å². The zero-order chi connectivity index (χ0) is 19.2. The Morgan fingerprint density at radius 1 is 1.26 bits per heavy atom. The smallest absolute Gasteiger partial charge is 0.222 e. The molecule has 0 aliphatic carbocycles. The Bertz CT molecular complexity index is 982. The summed E-state index contributed by atoms with van der Waals surface area (Å²) < 4.78 is 21.0. The zero-order valence-corrected chi connectivity index (χ0v) is 15.6. The fourth-order valence-electron chi connectivity index (χ4n) is 2.62. The van der Waals surface area contributed by atoms with Gasteiger partial charge in [0, 0.05) is 30.6 Å². The molecule has 1 heterocycles. The van der Waals surface area contributed by atoms with Crippen molar-refractivity contribution in [2.24, 2.45) is 0 Å². The van der Waals surface area contributed by atoms with Crippen LogP contribution in [0.15, 0.2) is 48.5 Å². The molecule has 3 rings (SSSR count). The lowest BCUT2D eigenvalue weighted by atomic mass is 10.2. The third-order valence-electron chi connectivity index (χ3n) is 4.10. The van der Waals surface area contributed by atoms with Crippen LogP contribution in [0.25, 0.3) is 11.4 Å². The zero-order valence-electron chi connectivity index (χ0n) is 14.7. The molecule has 0 radical (unpaired) electrons. The number of hydrogen-bond acceptors (Lipinski definition) is 4. The lowest BCUT2D eigenvalue weighted by molar-refractivity contribution is -0.121. The molecule has 6 nitrogen and oxygen atoms in total. The molecule has 0 atom stereocenters. The van der Waals surface area contributed by atoms with Crippen molar-refractivity contribution in [3.8, 4) is 17.1 Å². The normalized spacial score (nSPS) is 10.6. The molecule has 2 aromatic carbocycles. The number of H-pyrrole nitrogens is 1. The van der Waals surface area contributed by atoms with Crippen LogP contribution in [0.5, 0.6) is 5.75 Å². The minimum absolute atomic E-state index is 0.146. The fraction of sp³-hybridized carbons (Fsp3) is 0.211. The van der Waals surface area contributed by atoms with Gasteiger partial charge in [-0.1, -0.05) is 18.2 Å². The molecule has 2 N–H and O–H groups in total. The average molecular weight is 386 g/mol. The van der Waals surface area contributed by atoms with E-state index in [1.165, 1.54) is 6.07 Å². The maximum atomic E-state index is 13.6. The van der Waals surface area contributed by atoms with Crippen molar-refractivity contribution in [2.45, 2.75) is 19.5 Å². The number of halogens is 1. The molecule has 0 spiro atoms. The van der Waals surface area contributed by atoms with Crippen molar-refractivity contribution >= 4 is 18.1 Å². The summed E-state index contributed by atoms with van der Waals surface area (Å²) in [7, 11) is 1.60. The van der Waals surface area contributed by atoms with E-state index in [0.717, 1.165) is 11.3 Å². The van der Waals surface area contributed by atoms with E-state index in [2.05, 4.69) is 15.5 Å². The lowest BCUT2D eigenvalue weighted by Crippen LogP contribution is -2.24. The van der Waals surface area contributed by atoms with Gasteiger partial charge in [-0.05, 0) is 42.5 Å². The number of methoxy groups -OCH3 is 1. The first-order valence-corrected chi connectivity index (χ1v) is 8.79. The van der Waals surface area contributed by atoms with E-state index in [1.54, 1.807) is 29.9 Å². The molecular formula is C19H19FN4O2S. The van der Waals surface area contributed by atoms with Crippen LogP contribution >= 0.6 is 12.2 Å². The van der Waals surface area contributed by atoms with Gasteiger partial charge in [0.15, 0.2) is 10.6 Å². The van der Waals surface area contributed by atoms with Crippen molar-refractivity contribution < 1.29 is 13.9 Å². The highest BCUT2D eigenvalue weighted by Gasteiger charge is 2.11. The Hall–Kier alpha value is -3.00. The van der Waals surface area contributed by atoms with Crippen molar-refractivity contribution in [1.29, 1.82) is 0 Å². The molecule has 140 valence electrons. The monoisotopic (exact) mass is 386 g/mol. The lowest BCUT2D eigenvalue weighted by Gasteiger charge is -2.09. The predicted octanol–water partition coefficient (Wildman–Crippen LogP) is 3.46. The predicted molar refractivity (Wildman–Crippen MR) is 102 cm³/mol. The first-order valence-electron chi connectivity index (χ1n) is 8.38. The molecule has 3 aromatic rings. The highest BCUT2D eigenvalue weighted by Crippen LogP contribution is 2.21. The summed E-state index contributed by atoms with van der Waals surface area (Å²) in [5.41, 5.74) is 1.31. The minimum atomic E-state index is -0.336. The van der Waals surface area contributed by atoms with Gasteiger partial charge < -0.3 is 10.1 Å². The number of aromatic nitrogens is 3. The molecule has 0 saturated heterocycles. The summed E-state index contributed by atoms with van der Waals surface area (Å²) in [4.78, 5) is 12.1. The van der Waals surface area contributed by atoms with E-state index in [9.17, 15) is 9.18 Å². The molecule has 8 heteroatoms. The highest BCUT2D eigenvalue weighted by atomic mass is 32.1. The Morgan fingerprint density at radius 2 is 2.00 bits per heavy atom. The standard InChI is InChI=1S/C19H19FN4O2S/c1-26-15-8-6-13(7-9-15)18-22-23-19(27)24(18)11-10-17(25)21-12-14-4-2-3-5-16(14)20/h2-9H,10-12H2,1H3,(H,21,25)(H,23,27). The number of nitrogens with one attached hydrogen (secondary N) is 2. The molecule has 0 fully saturated rings. The van der Waals surface area contributed by atoms with Crippen molar-refractivity contribution in [3.05, 3.63) is 64.7 Å². The number of benzene rings is 2. The number of nitrogens with zero attached hydrogens (tertiary/aromatic N) is 2. The molecule has 0 aliphatic rings. The van der Waals surface area contributed by atoms with E-state index in [4.69, 9.17) is 17.0 Å². The maximum Gasteiger partial charge on any atom is 0.222 e. The summed E-state index contributed by atoms with van der Waals surface area (Å²) in [5, 5.41) is 9.73. The van der Waals surface area contributed by atoms with Gasteiger partial charge >= 0.3 is 0 Å². The first-order chi connectivity index (χ1) is 13.1. The van der Waals surface area contributed by atoms with Crippen LogP contribution in [0.4, 0.5) is 4.39 Å². The molecule has 27 heavy (non-hydrogen) atoms. The van der Waals surface area contributed by atoms with Crippen molar-refractivity contribution in [1.82, 2.24) is 20.1 Å². The number of ether oxygens (including phenoxy) is 1. The molecule has 0 unspecified atom stereocenters. The van der Waals surface area contributed by atoms with Gasteiger partial charge in [0.1, 0.15) is 11.6 Å². The SMILES string of the molecule is COc1ccc(-c2n[nH]c(=S)n2CCC(=O)NCc2ccccc2F)cc1. The maximum absolute atomic E-state index is 13.6. The van der Waals surface area contributed by atoms with Gasteiger partial charge in [-0.15, -0.1) is 0 Å². The van der Waals surface area contributed by atoms with E-state index < -0.39 is 0 Å². The van der Waals surface area contributed by atoms with Gasteiger partial charge in [-0.25, -0.2) is 4.39 Å². The van der Waals surface area contributed by atoms with Gasteiger partial charge in [0.05, 0.1) is 7.11 Å². The number of carbonyl (C=O) groups is 1. The van der Waals surface area contributed by atoms with E-state index >= 15 is 0 Å². The number of amides is 1. The summed E-state index contributed by atoms with van der Waals surface area (Å²) in [6, 6.07) is 13.8. The highest BCUT2D eigenvalue weighted by molar-refractivity contribution is 7.71. The Kier molecular flexibility index (Phi) is 5.97. The first kappa shape index (κ1) is 18.8. The summed E-state index contributed by atoms with van der Waals surface area (Å²) in [5.74, 6) is 0.857. The molecule has 0 saturated carbocycles.